The molecule has 2 rings (SSSR count). The molecule has 0 saturated carbocycles. The predicted molar refractivity (Wildman–Crippen MR) is 74.0 cm³/mol. The van der Waals surface area contributed by atoms with E-state index in [1.54, 1.807) is 0 Å². The Hall–Kier alpha value is -1.35. The Labute approximate surface area is 109 Å². The summed E-state index contributed by atoms with van der Waals surface area (Å²) in [6, 6.07) is 4.39. The molecule has 1 saturated heterocycles. The van der Waals surface area contributed by atoms with Crippen LogP contribution in [0.15, 0.2) is 12.1 Å². The number of nitrogens with one attached hydrogen (secondary N) is 1. The third kappa shape index (κ3) is 2.41. The number of nitrogens with zero attached hydrogens (tertiary/aromatic N) is 1. The van der Waals surface area contributed by atoms with Gasteiger partial charge in [0.1, 0.15) is 0 Å². The zero-order chi connectivity index (χ0) is 13.3. The summed E-state index contributed by atoms with van der Waals surface area (Å²) in [7, 11) is 0. The highest BCUT2D eigenvalue weighted by Gasteiger charge is 2.23. The minimum absolute atomic E-state index is 0.170. The van der Waals surface area contributed by atoms with Crippen LogP contribution in [0.2, 0.25) is 0 Å². The third-order valence-electron chi connectivity index (χ3n) is 3.94. The molecule has 0 aromatic heterocycles. The van der Waals surface area contributed by atoms with Gasteiger partial charge in [0.2, 0.25) is 0 Å². The van der Waals surface area contributed by atoms with E-state index in [0.29, 0.717) is 6.04 Å². The number of hydrogen-bond donors (Lipinski definition) is 1. The van der Waals surface area contributed by atoms with E-state index in [1.165, 1.54) is 11.1 Å². The van der Waals surface area contributed by atoms with E-state index >= 15 is 0 Å². The van der Waals surface area contributed by atoms with Crippen LogP contribution in [0.3, 0.4) is 0 Å². The molecular formula is C15H22N2O. The fourth-order valence-corrected chi connectivity index (χ4v) is 2.47. The van der Waals surface area contributed by atoms with E-state index in [9.17, 15) is 4.79 Å². The molecule has 98 valence electrons. The van der Waals surface area contributed by atoms with Crippen molar-refractivity contribution in [2.24, 2.45) is 0 Å². The molecule has 0 aliphatic carbocycles. The molecule has 1 aromatic carbocycles. The molecule has 1 aliphatic rings. The quantitative estimate of drug-likeness (QED) is 0.822. The van der Waals surface area contributed by atoms with Gasteiger partial charge in [0, 0.05) is 31.2 Å². The number of carbonyl (C=O) groups excluding carboxylic acids is 1. The molecule has 3 nitrogen and oxygen atoms in total. The lowest BCUT2D eigenvalue weighted by molar-refractivity contribution is 0.0708. The molecule has 0 spiro atoms. The monoisotopic (exact) mass is 246 g/mol. The normalized spacial score (nSPS) is 20.0. The smallest absolute Gasteiger partial charge is 0.254 e. The van der Waals surface area contributed by atoms with Gasteiger partial charge in [-0.15, -0.1) is 0 Å². The molecule has 1 aliphatic heterocycles. The van der Waals surface area contributed by atoms with E-state index < -0.39 is 0 Å². The van der Waals surface area contributed by atoms with E-state index in [0.717, 1.165) is 30.8 Å². The van der Waals surface area contributed by atoms with Gasteiger partial charge in [0.25, 0.3) is 5.91 Å². The van der Waals surface area contributed by atoms with Crippen LogP contribution < -0.4 is 5.32 Å². The lowest BCUT2D eigenvalue weighted by Gasteiger charge is -2.32. The number of carbonyl (C=O) groups is 1. The topological polar surface area (TPSA) is 32.3 Å². The van der Waals surface area contributed by atoms with E-state index in [4.69, 9.17) is 0 Å². The van der Waals surface area contributed by atoms with Crippen molar-refractivity contribution in [3.8, 4) is 0 Å². The molecule has 1 N–H and O–H groups in total. The maximum Gasteiger partial charge on any atom is 0.254 e. The molecular weight excluding hydrogens is 224 g/mol. The van der Waals surface area contributed by atoms with Crippen LogP contribution in [0.1, 0.15) is 34.0 Å². The Bertz CT molecular complexity index is 468. The molecule has 3 heteroatoms. The summed E-state index contributed by atoms with van der Waals surface area (Å²) in [5.41, 5.74) is 4.44. The number of amides is 1. The second kappa shape index (κ2) is 5.11. The molecule has 18 heavy (non-hydrogen) atoms. The third-order valence-corrected chi connectivity index (χ3v) is 3.94. The van der Waals surface area contributed by atoms with Crippen LogP contribution in [0.25, 0.3) is 0 Å². The van der Waals surface area contributed by atoms with Gasteiger partial charge in [-0.05, 0) is 50.5 Å². The number of rotatable bonds is 1. The van der Waals surface area contributed by atoms with Crippen LogP contribution in [0.4, 0.5) is 0 Å². The van der Waals surface area contributed by atoms with Gasteiger partial charge in [0.15, 0.2) is 0 Å². The van der Waals surface area contributed by atoms with Crippen molar-refractivity contribution in [1.82, 2.24) is 10.2 Å². The zero-order valence-corrected chi connectivity index (χ0v) is 11.7. The lowest BCUT2D eigenvalue weighted by Crippen LogP contribution is -2.51. The summed E-state index contributed by atoms with van der Waals surface area (Å²) in [6.45, 7) is 10.8. The largest absolute Gasteiger partial charge is 0.336 e. The Morgan fingerprint density at radius 1 is 1.28 bits per heavy atom. The number of benzene rings is 1. The number of aryl methyl sites for hydroxylation is 1. The summed E-state index contributed by atoms with van der Waals surface area (Å²) in [5.74, 6) is 0.170. The first-order chi connectivity index (χ1) is 8.50. The van der Waals surface area contributed by atoms with Crippen molar-refractivity contribution in [3.05, 3.63) is 34.4 Å². The summed E-state index contributed by atoms with van der Waals surface area (Å²) in [4.78, 5) is 14.5. The molecule has 0 bridgehead atoms. The summed E-state index contributed by atoms with van der Waals surface area (Å²) < 4.78 is 0. The Balaban J connectivity index is 2.26. The van der Waals surface area contributed by atoms with Crippen molar-refractivity contribution in [2.75, 3.05) is 19.6 Å². The SMILES string of the molecule is Cc1ccc(C(=O)N2CCNC(C)C2)c(C)c1C. The van der Waals surface area contributed by atoms with Crippen LogP contribution >= 0.6 is 0 Å². The zero-order valence-electron chi connectivity index (χ0n) is 11.7. The van der Waals surface area contributed by atoms with Crippen LogP contribution in [-0.2, 0) is 0 Å². The van der Waals surface area contributed by atoms with Gasteiger partial charge in [0.05, 0.1) is 0 Å². The molecule has 1 aromatic rings. The second-order valence-corrected chi connectivity index (χ2v) is 5.29. The minimum atomic E-state index is 0.170. The van der Waals surface area contributed by atoms with Gasteiger partial charge < -0.3 is 10.2 Å². The van der Waals surface area contributed by atoms with Crippen molar-refractivity contribution in [3.63, 3.8) is 0 Å². The molecule has 0 radical (unpaired) electrons. The highest BCUT2D eigenvalue weighted by molar-refractivity contribution is 5.96. The van der Waals surface area contributed by atoms with E-state index in [1.807, 2.05) is 24.0 Å². The van der Waals surface area contributed by atoms with Gasteiger partial charge >= 0.3 is 0 Å². The molecule has 1 heterocycles. The fraction of sp³-hybridized carbons (Fsp3) is 0.533. The van der Waals surface area contributed by atoms with Crippen molar-refractivity contribution in [2.45, 2.75) is 33.7 Å². The van der Waals surface area contributed by atoms with Gasteiger partial charge in [-0.25, -0.2) is 0 Å². The average Bonchev–Trinajstić information content (AvgIpc) is 2.35. The molecule has 1 amide bonds. The summed E-state index contributed by atoms with van der Waals surface area (Å²) >= 11 is 0. The maximum atomic E-state index is 12.5. The fourth-order valence-electron chi connectivity index (χ4n) is 2.47. The summed E-state index contributed by atoms with van der Waals surface area (Å²) in [6.07, 6.45) is 0. The highest BCUT2D eigenvalue weighted by atomic mass is 16.2. The van der Waals surface area contributed by atoms with Gasteiger partial charge in [-0.3, -0.25) is 4.79 Å². The average molecular weight is 246 g/mol. The van der Waals surface area contributed by atoms with Crippen molar-refractivity contribution < 1.29 is 4.79 Å². The minimum Gasteiger partial charge on any atom is -0.336 e. The number of piperazine rings is 1. The maximum absolute atomic E-state index is 12.5. The van der Waals surface area contributed by atoms with Gasteiger partial charge in [-0.2, -0.15) is 0 Å². The second-order valence-electron chi connectivity index (χ2n) is 5.29. The van der Waals surface area contributed by atoms with Crippen molar-refractivity contribution >= 4 is 5.91 Å². The predicted octanol–water partition coefficient (Wildman–Crippen LogP) is 2.05. The Kier molecular flexibility index (Phi) is 3.71. The lowest BCUT2D eigenvalue weighted by atomic mass is 9.98. The Morgan fingerprint density at radius 2 is 2.00 bits per heavy atom. The van der Waals surface area contributed by atoms with Crippen LogP contribution in [-0.4, -0.2) is 36.5 Å². The van der Waals surface area contributed by atoms with Crippen molar-refractivity contribution in [1.29, 1.82) is 0 Å². The first-order valence-electron chi connectivity index (χ1n) is 6.60. The highest BCUT2D eigenvalue weighted by Crippen LogP contribution is 2.19. The Morgan fingerprint density at radius 3 is 2.67 bits per heavy atom. The van der Waals surface area contributed by atoms with Crippen LogP contribution in [0.5, 0.6) is 0 Å². The first-order valence-corrected chi connectivity index (χ1v) is 6.60. The number of hydrogen-bond acceptors (Lipinski definition) is 2. The standard InChI is InChI=1S/C15H22N2O/c1-10-5-6-14(13(4)12(10)3)15(18)17-8-7-16-11(2)9-17/h5-6,11,16H,7-9H2,1-4H3. The van der Waals surface area contributed by atoms with E-state index in [-0.39, 0.29) is 5.91 Å². The van der Waals surface area contributed by atoms with E-state index in [2.05, 4.69) is 26.1 Å². The molecule has 1 fully saturated rings. The molecule has 1 unspecified atom stereocenters. The molecule has 1 atom stereocenters. The first kappa shape index (κ1) is 13.1. The van der Waals surface area contributed by atoms with Crippen LogP contribution in [0, 0.1) is 20.8 Å². The summed E-state index contributed by atoms with van der Waals surface area (Å²) in [5, 5.41) is 3.36. The van der Waals surface area contributed by atoms with Gasteiger partial charge in [-0.1, -0.05) is 6.07 Å².